The highest BCUT2D eigenvalue weighted by Crippen LogP contribution is 2.22. The Morgan fingerprint density at radius 3 is 1.88 bits per heavy atom. The quantitative estimate of drug-likeness (QED) is 0.675. The lowest BCUT2D eigenvalue weighted by Gasteiger charge is -2.32. The second-order valence-electron chi connectivity index (χ2n) is 7.25. The fourth-order valence-corrected chi connectivity index (χ4v) is 2.31. The van der Waals surface area contributed by atoms with Crippen molar-refractivity contribution in [2.45, 2.75) is 54.0 Å². The molecule has 17 heavy (non-hydrogen) atoms. The Morgan fingerprint density at radius 1 is 0.941 bits per heavy atom. The van der Waals surface area contributed by atoms with Crippen LogP contribution in [0.2, 0.25) is 0 Å². The summed E-state index contributed by atoms with van der Waals surface area (Å²) < 4.78 is 0. The zero-order valence-corrected chi connectivity index (χ0v) is 13.4. The minimum Gasteiger partial charge on any atom is -0.305 e. The molecule has 0 saturated carbocycles. The van der Waals surface area contributed by atoms with E-state index in [0.717, 1.165) is 5.92 Å². The Bertz CT molecular complexity index is 194. The molecule has 0 aromatic rings. The van der Waals surface area contributed by atoms with Crippen molar-refractivity contribution in [2.75, 3.05) is 33.7 Å². The molecular formula is C15H34N2. The van der Waals surface area contributed by atoms with Crippen molar-refractivity contribution in [1.82, 2.24) is 9.80 Å². The molecule has 2 nitrogen and oxygen atoms in total. The molecule has 1 unspecified atom stereocenters. The maximum atomic E-state index is 2.49. The van der Waals surface area contributed by atoms with Crippen LogP contribution in [0.5, 0.6) is 0 Å². The van der Waals surface area contributed by atoms with Crippen LogP contribution in [0.3, 0.4) is 0 Å². The van der Waals surface area contributed by atoms with Crippen LogP contribution in [0.4, 0.5) is 0 Å². The average molecular weight is 242 g/mol. The van der Waals surface area contributed by atoms with Gasteiger partial charge in [0, 0.05) is 25.7 Å². The minimum absolute atomic E-state index is 0.428. The van der Waals surface area contributed by atoms with Gasteiger partial charge in [-0.3, -0.25) is 0 Å². The molecule has 1 atom stereocenters. The maximum absolute atomic E-state index is 2.49. The molecule has 0 saturated heterocycles. The summed E-state index contributed by atoms with van der Waals surface area (Å²) in [5.74, 6) is 0.761. The standard InChI is InChI=1S/C15H34N2/c1-13(2)12-16(7)9-10-17(8)14(3)11-15(4,5)6/h13-14H,9-12H2,1-8H3. The van der Waals surface area contributed by atoms with E-state index in [2.05, 4.69) is 65.4 Å². The summed E-state index contributed by atoms with van der Waals surface area (Å²) in [4.78, 5) is 4.92. The predicted molar refractivity (Wildman–Crippen MR) is 78.5 cm³/mol. The smallest absolute Gasteiger partial charge is 0.0109 e. The lowest BCUT2D eigenvalue weighted by Crippen LogP contribution is -2.38. The van der Waals surface area contributed by atoms with Crippen molar-refractivity contribution in [3.05, 3.63) is 0 Å². The van der Waals surface area contributed by atoms with Gasteiger partial charge in [0.15, 0.2) is 0 Å². The van der Waals surface area contributed by atoms with Gasteiger partial charge in [0.25, 0.3) is 0 Å². The molecular weight excluding hydrogens is 208 g/mol. The lowest BCUT2D eigenvalue weighted by atomic mass is 9.88. The van der Waals surface area contributed by atoms with Crippen LogP contribution >= 0.6 is 0 Å². The van der Waals surface area contributed by atoms with Crippen LogP contribution in [-0.4, -0.2) is 49.6 Å². The molecule has 0 fully saturated rings. The van der Waals surface area contributed by atoms with Gasteiger partial charge in [-0.15, -0.1) is 0 Å². The molecule has 0 aliphatic carbocycles. The molecule has 0 aliphatic rings. The van der Waals surface area contributed by atoms with E-state index < -0.39 is 0 Å². The Kier molecular flexibility index (Phi) is 7.34. The molecule has 2 heteroatoms. The Morgan fingerprint density at radius 2 is 1.47 bits per heavy atom. The van der Waals surface area contributed by atoms with Gasteiger partial charge < -0.3 is 9.80 Å². The van der Waals surface area contributed by atoms with Gasteiger partial charge in [0.05, 0.1) is 0 Å². The van der Waals surface area contributed by atoms with Gasteiger partial charge >= 0.3 is 0 Å². The van der Waals surface area contributed by atoms with E-state index >= 15 is 0 Å². The molecule has 0 rings (SSSR count). The molecule has 0 bridgehead atoms. The SMILES string of the molecule is CC(C)CN(C)CCN(C)C(C)CC(C)(C)C. The summed E-state index contributed by atoms with van der Waals surface area (Å²) in [6, 6.07) is 0.669. The van der Waals surface area contributed by atoms with Crippen molar-refractivity contribution >= 4 is 0 Å². The Labute approximate surface area is 109 Å². The molecule has 0 heterocycles. The summed E-state index contributed by atoms with van der Waals surface area (Å²) in [6.07, 6.45) is 1.26. The topological polar surface area (TPSA) is 6.48 Å². The van der Waals surface area contributed by atoms with Crippen LogP contribution in [0, 0.1) is 11.3 Å². The summed E-state index contributed by atoms with van der Waals surface area (Å²) >= 11 is 0. The number of hydrogen-bond acceptors (Lipinski definition) is 2. The third-order valence-corrected chi connectivity index (χ3v) is 3.17. The van der Waals surface area contributed by atoms with Gasteiger partial charge in [-0.05, 0) is 38.8 Å². The van der Waals surface area contributed by atoms with E-state index in [1.54, 1.807) is 0 Å². The average Bonchev–Trinajstić information content (AvgIpc) is 2.10. The molecule has 0 N–H and O–H groups in total. The predicted octanol–water partition coefficient (Wildman–Crippen LogP) is 3.33. The summed E-state index contributed by atoms with van der Waals surface area (Å²) in [5.41, 5.74) is 0.428. The summed E-state index contributed by atoms with van der Waals surface area (Å²) in [6.45, 7) is 17.4. The first-order valence-electron chi connectivity index (χ1n) is 7.00. The number of likely N-dealkylation sites (N-methyl/N-ethyl adjacent to an activating group) is 2. The van der Waals surface area contributed by atoms with E-state index in [1.165, 1.54) is 26.1 Å². The molecule has 0 amide bonds. The van der Waals surface area contributed by atoms with Crippen molar-refractivity contribution in [2.24, 2.45) is 11.3 Å². The van der Waals surface area contributed by atoms with E-state index in [-0.39, 0.29) is 0 Å². The van der Waals surface area contributed by atoms with Crippen molar-refractivity contribution in [3.8, 4) is 0 Å². The second kappa shape index (κ2) is 7.38. The molecule has 0 aliphatic heterocycles. The van der Waals surface area contributed by atoms with Crippen LogP contribution in [0.15, 0.2) is 0 Å². The highest BCUT2D eigenvalue weighted by atomic mass is 15.2. The summed E-state index contributed by atoms with van der Waals surface area (Å²) in [5, 5.41) is 0. The number of hydrogen-bond donors (Lipinski definition) is 0. The van der Waals surface area contributed by atoms with Crippen LogP contribution in [0.25, 0.3) is 0 Å². The van der Waals surface area contributed by atoms with Crippen molar-refractivity contribution in [3.63, 3.8) is 0 Å². The highest BCUT2D eigenvalue weighted by molar-refractivity contribution is 4.72. The van der Waals surface area contributed by atoms with Crippen LogP contribution in [0.1, 0.15) is 48.0 Å². The molecule has 104 valence electrons. The van der Waals surface area contributed by atoms with Crippen LogP contribution < -0.4 is 0 Å². The highest BCUT2D eigenvalue weighted by Gasteiger charge is 2.18. The van der Waals surface area contributed by atoms with Gasteiger partial charge in [-0.1, -0.05) is 34.6 Å². The van der Waals surface area contributed by atoms with Crippen LogP contribution in [-0.2, 0) is 0 Å². The Balaban J connectivity index is 3.88. The fraction of sp³-hybridized carbons (Fsp3) is 1.00. The zero-order valence-electron chi connectivity index (χ0n) is 13.4. The maximum Gasteiger partial charge on any atom is 0.0109 e. The minimum atomic E-state index is 0.428. The molecule has 0 spiro atoms. The Hall–Kier alpha value is -0.0800. The van der Waals surface area contributed by atoms with E-state index in [1.807, 2.05) is 0 Å². The third kappa shape index (κ3) is 9.61. The molecule has 0 aromatic carbocycles. The first kappa shape index (κ1) is 16.9. The molecule has 0 radical (unpaired) electrons. The second-order valence-corrected chi connectivity index (χ2v) is 7.25. The van der Waals surface area contributed by atoms with Crippen molar-refractivity contribution < 1.29 is 0 Å². The number of nitrogens with zero attached hydrogens (tertiary/aromatic N) is 2. The van der Waals surface area contributed by atoms with Crippen molar-refractivity contribution in [1.29, 1.82) is 0 Å². The first-order chi connectivity index (χ1) is 7.61. The lowest BCUT2D eigenvalue weighted by molar-refractivity contribution is 0.168. The van der Waals surface area contributed by atoms with Gasteiger partial charge in [-0.25, -0.2) is 0 Å². The van der Waals surface area contributed by atoms with Gasteiger partial charge in [0.1, 0.15) is 0 Å². The largest absolute Gasteiger partial charge is 0.305 e. The fourth-order valence-electron chi connectivity index (χ4n) is 2.31. The van der Waals surface area contributed by atoms with Gasteiger partial charge in [0.2, 0.25) is 0 Å². The third-order valence-electron chi connectivity index (χ3n) is 3.17. The number of rotatable bonds is 7. The monoisotopic (exact) mass is 242 g/mol. The van der Waals surface area contributed by atoms with E-state index in [4.69, 9.17) is 0 Å². The zero-order chi connectivity index (χ0) is 13.6. The molecule has 0 aromatic heterocycles. The normalized spacial score (nSPS) is 15.0. The summed E-state index contributed by atoms with van der Waals surface area (Å²) in [7, 11) is 4.47. The van der Waals surface area contributed by atoms with E-state index in [9.17, 15) is 0 Å². The van der Waals surface area contributed by atoms with E-state index in [0.29, 0.717) is 11.5 Å². The first-order valence-corrected chi connectivity index (χ1v) is 7.00. The van der Waals surface area contributed by atoms with Gasteiger partial charge in [-0.2, -0.15) is 0 Å².